The lowest BCUT2D eigenvalue weighted by atomic mass is 10.2. The number of aromatic nitrogens is 2. The largest absolute Gasteiger partial charge is 0.465 e. The Labute approximate surface area is 165 Å². The van der Waals surface area contributed by atoms with Gasteiger partial charge >= 0.3 is 5.97 Å². The molecule has 0 saturated heterocycles. The molecule has 1 N–H and O–H groups in total. The molecule has 4 rings (SSSR count). The molecule has 1 aromatic carbocycles. The fourth-order valence-corrected chi connectivity index (χ4v) is 4.81. The lowest BCUT2D eigenvalue weighted by Gasteiger charge is -2.13. The van der Waals surface area contributed by atoms with Gasteiger partial charge in [0.05, 0.1) is 35.8 Å². The Morgan fingerprint density at radius 3 is 2.46 bits per heavy atom. The first-order valence-electron chi connectivity index (χ1n) is 9.74. The second kappa shape index (κ2) is 7.67. The summed E-state index contributed by atoms with van der Waals surface area (Å²) in [6.07, 6.45) is 7.15. The van der Waals surface area contributed by atoms with Gasteiger partial charge in [0, 0.05) is 11.6 Å². The van der Waals surface area contributed by atoms with E-state index in [0.717, 1.165) is 18.5 Å². The molecule has 0 aliphatic heterocycles. The third kappa shape index (κ3) is 3.98. The molecule has 2 aliphatic carbocycles. The average Bonchev–Trinajstić information content (AvgIpc) is 3.23. The van der Waals surface area contributed by atoms with Gasteiger partial charge in [-0.15, -0.1) is 0 Å². The summed E-state index contributed by atoms with van der Waals surface area (Å²) >= 11 is 0. The van der Waals surface area contributed by atoms with Gasteiger partial charge < -0.3 is 4.74 Å². The molecule has 150 valence electrons. The Hall–Kier alpha value is -2.19. The van der Waals surface area contributed by atoms with Crippen LogP contribution in [0.15, 0.2) is 35.2 Å². The first kappa shape index (κ1) is 19.1. The Balaban J connectivity index is 1.47. The van der Waals surface area contributed by atoms with E-state index in [9.17, 15) is 13.2 Å². The lowest BCUT2D eigenvalue weighted by molar-refractivity contribution is 0.0600. The molecule has 0 spiro atoms. The first-order valence-corrected chi connectivity index (χ1v) is 11.2. The van der Waals surface area contributed by atoms with Crippen molar-refractivity contribution >= 4 is 16.0 Å². The normalized spacial score (nSPS) is 17.8. The van der Waals surface area contributed by atoms with Crippen LogP contribution in [0.4, 0.5) is 0 Å². The highest BCUT2D eigenvalue weighted by atomic mass is 32.2. The van der Waals surface area contributed by atoms with E-state index >= 15 is 0 Å². The molecule has 1 aromatic heterocycles. The van der Waals surface area contributed by atoms with Crippen LogP contribution in [0.2, 0.25) is 0 Å². The SMILES string of the molecule is COC(=O)c1ccc(S(=O)(=O)NCc2cc(C3CC3)n(C3CCCC3)n2)cc1. The summed E-state index contributed by atoms with van der Waals surface area (Å²) in [7, 11) is -2.40. The van der Waals surface area contributed by atoms with Crippen molar-refractivity contribution < 1.29 is 17.9 Å². The first-order chi connectivity index (χ1) is 13.5. The van der Waals surface area contributed by atoms with E-state index in [1.54, 1.807) is 0 Å². The topological polar surface area (TPSA) is 90.3 Å². The number of hydrogen-bond donors (Lipinski definition) is 1. The summed E-state index contributed by atoms with van der Waals surface area (Å²) in [5, 5.41) is 4.73. The van der Waals surface area contributed by atoms with Gasteiger partial charge in [0.2, 0.25) is 10.0 Å². The summed E-state index contributed by atoms with van der Waals surface area (Å²) in [5.41, 5.74) is 2.32. The highest BCUT2D eigenvalue weighted by Gasteiger charge is 2.31. The van der Waals surface area contributed by atoms with Crippen molar-refractivity contribution in [2.45, 2.75) is 61.9 Å². The summed E-state index contributed by atoms with van der Waals surface area (Å²) in [6, 6.07) is 8.20. The Morgan fingerprint density at radius 1 is 1.18 bits per heavy atom. The van der Waals surface area contributed by atoms with Crippen molar-refractivity contribution in [3.63, 3.8) is 0 Å². The molecule has 7 nitrogen and oxygen atoms in total. The van der Waals surface area contributed by atoms with E-state index in [1.807, 2.05) is 0 Å². The van der Waals surface area contributed by atoms with Crippen LogP contribution in [0.1, 0.15) is 72.2 Å². The summed E-state index contributed by atoms with van der Waals surface area (Å²) in [4.78, 5) is 11.6. The maximum atomic E-state index is 12.6. The van der Waals surface area contributed by atoms with Gasteiger partial charge in [0.15, 0.2) is 0 Å². The van der Waals surface area contributed by atoms with Gasteiger partial charge in [-0.05, 0) is 56.0 Å². The van der Waals surface area contributed by atoms with Crippen molar-refractivity contribution in [1.29, 1.82) is 0 Å². The molecule has 1 heterocycles. The molecule has 0 radical (unpaired) electrons. The summed E-state index contributed by atoms with van der Waals surface area (Å²) in [6.45, 7) is 0.153. The van der Waals surface area contributed by atoms with Gasteiger partial charge in [-0.1, -0.05) is 12.8 Å². The van der Waals surface area contributed by atoms with E-state index < -0.39 is 16.0 Å². The number of esters is 1. The number of ether oxygens (including phenoxy) is 1. The van der Waals surface area contributed by atoms with Gasteiger partial charge in [-0.25, -0.2) is 17.9 Å². The van der Waals surface area contributed by atoms with Crippen LogP contribution in [0.5, 0.6) is 0 Å². The standard InChI is InChI=1S/C20H25N3O4S/c1-27-20(24)15-8-10-18(11-9-15)28(25,26)21-13-16-12-19(14-6-7-14)23(22-16)17-4-2-3-5-17/h8-12,14,17,21H,2-7,13H2,1H3. The lowest BCUT2D eigenvalue weighted by Crippen LogP contribution is -2.23. The molecule has 8 heteroatoms. The molecule has 2 saturated carbocycles. The number of hydrogen-bond acceptors (Lipinski definition) is 5. The number of sulfonamides is 1. The molecular formula is C20H25N3O4S. The van der Waals surface area contributed by atoms with Gasteiger partial charge in [-0.3, -0.25) is 4.68 Å². The van der Waals surface area contributed by atoms with Gasteiger partial charge in [0.25, 0.3) is 0 Å². The monoisotopic (exact) mass is 403 g/mol. The summed E-state index contributed by atoms with van der Waals surface area (Å²) < 4.78 is 34.6. The van der Waals surface area contributed by atoms with Crippen molar-refractivity contribution in [3.8, 4) is 0 Å². The fourth-order valence-electron chi connectivity index (χ4n) is 3.81. The van der Waals surface area contributed by atoms with Crippen molar-refractivity contribution in [3.05, 3.63) is 47.3 Å². The van der Waals surface area contributed by atoms with E-state index in [2.05, 4.69) is 20.2 Å². The predicted molar refractivity (Wildman–Crippen MR) is 104 cm³/mol. The number of nitrogens with one attached hydrogen (secondary N) is 1. The Morgan fingerprint density at radius 2 is 1.86 bits per heavy atom. The minimum atomic E-state index is -3.69. The van der Waals surface area contributed by atoms with Crippen LogP contribution < -0.4 is 4.72 Å². The zero-order chi connectivity index (χ0) is 19.7. The number of carbonyl (C=O) groups is 1. The van der Waals surface area contributed by atoms with Crippen molar-refractivity contribution in [2.75, 3.05) is 7.11 Å². The third-order valence-corrected chi connectivity index (χ3v) is 6.93. The zero-order valence-corrected chi connectivity index (χ0v) is 16.7. The quantitative estimate of drug-likeness (QED) is 0.717. The number of rotatable bonds is 7. The van der Waals surface area contributed by atoms with Gasteiger partial charge in [0.1, 0.15) is 0 Å². The number of benzene rings is 1. The van der Waals surface area contributed by atoms with Crippen molar-refractivity contribution in [2.24, 2.45) is 0 Å². The Bertz CT molecular complexity index is 956. The van der Waals surface area contributed by atoms with Crippen LogP contribution in [0.3, 0.4) is 0 Å². The van der Waals surface area contributed by atoms with Crippen LogP contribution in [-0.4, -0.2) is 31.3 Å². The second-order valence-electron chi connectivity index (χ2n) is 7.56. The van der Waals surface area contributed by atoms with E-state index in [0.29, 0.717) is 17.5 Å². The second-order valence-corrected chi connectivity index (χ2v) is 9.33. The van der Waals surface area contributed by atoms with Gasteiger partial charge in [-0.2, -0.15) is 5.10 Å². The summed E-state index contributed by atoms with van der Waals surface area (Å²) in [5.74, 6) is 0.0753. The average molecular weight is 404 g/mol. The van der Waals surface area contributed by atoms with Crippen LogP contribution in [0.25, 0.3) is 0 Å². The fraction of sp³-hybridized carbons (Fsp3) is 0.500. The molecule has 2 aliphatic rings. The molecule has 28 heavy (non-hydrogen) atoms. The van der Waals surface area contributed by atoms with Crippen LogP contribution >= 0.6 is 0 Å². The number of nitrogens with zero attached hydrogens (tertiary/aromatic N) is 2. The molecular weight excluding hydrogens is 378 g/mol. The zero-order valence-electron chi connectivity index (χ0n) is 15.9. The minimum absolute atomic E-state index is 0.109. The molecule has 0 bridgehead atoms. The predicted octanol–water partition coefficient (Wildman–Crippen LogP) is 3.14. The highest BCUT2D eigenvalue weighted by Crippen LogP contribution is 2.43. The highest BCUT2D eigenvalue weighted by molar-refractivity contribution is 7.89. The maximum absolute atomic E-state index is 12.6. The molecule has 0 atom stereocenters. The Kier molecular flexibility index (Phi) is 5.25. The van der Waals surface area contributed by atoms with Crippen molar-refractivity contribution in [1.82, 2.24) is 14.5 Å². The van der Waals surface area contributed by atoms with E-state index in [-0.39, 0.29) is 11.4 Å². The molecule has 2 aromatic rings. The smallest absolute Gasteiger partial charge is 0.337 e. The maximum Gasteiger partial charge on any atom is 0.337 e. The van der Waals surface area contributed by atoms with Crippen LogP contribution in [0, 0.1) is 0 Å². The van der Waals surface area contributed by atoms with Crippen LogP contribution in [-0.2, 0) is 21.3 Å². The third-order valence-electron chi connectivity index (χ3n) is 5.51. The molecule has 2 fully saturated rings. The van der Waals surface area contributed by atoms with E-state index in [4.69, 9.17) is 5.10 Å². The number of carbonyl (C=O) groups excluding carboxylic acids is 1. The molecule has 0 amide bonds. The van der Waals surface area contributed by atoms with E-state index in [1.165, 1.54) is 62.8 Å². The number of methoxy groups -OCH3 is 1. The minimum Gasteiger partial charge on any atom is -0.465 e. The molecule has 0 unspecified atom stereocenters.